The van der Waals surface area contributed by atoms with E-state index >= 15 is 0 Å². The van der Waals surface area contributed by atoms with Crippen LogP contribution in [-0.4, -0.2) is 38.0 Å². The van der Waals surface area contributed by atoms with Crippen LogP contribution in [0.4, 0.5) is 5.69 Å². The van der Waals surface area contributed by atoms with Crippen molar-refractivity contribution in [2.75, 3.05) is 23.7 Å². The van der Waals surface area contributed by atoms with Gasteiger partial charge in [0.1, 0.15) is 0 Å². The van der Waals surface area contributed by atoms with Gasteiger partial charge in [0.25, 0.3) is 0 Å². The highest BCUT2D eigenvalue weighted by Crippen LogP contribution is 2.31. The quantitative estimate of drug-likeness (QED) is 0.895. The first-order chi connectivity index (χ1) is 8.90. The molecule has 0 bridgehead atoms. The molecule has 1 fully saturated rings. The van der Waals surface area contributed by atoms with E-state index in [1.54, 1.807) is 19.1 Å². The minimum absolute atomic E-state index is 0.117. The van der Waals surface area contributed by atoms with Crippen LogP contribution in [0.2, 0.25) is 0 Å². The van der Waals surface area contributed by atoms with Crippen molar-refractivity contribution in [3.05, 3.63) is 24.3 Å². The Morgan fingerprint density at radius 1 is 1.21 bits per heavy atom. The van der Waals surface area contributed by atoms with Crippen molar-refractivity contribution in [3.63, 3.8) is 0 Å². The topological polar surface area (TPSA) is 57.6 Å². The number of hydrogen-bond donors (Lipinski definition) is 1. The molecule has 4 nitrogen and oxygen atoms in total. The van der Waals surface area contributed by atoms with Crippen LogP contribution in [0.25, 0.3) is 0 Å². The molecule has 0 aromatic heterocycles. The number of aliphatic hydroxyl groups is 1. The lowest BCUT2D eigenvalue weighted by Crippen LogP contribution is -2.61. The van der Waals surface area contributed by atoms with Gasteiger partial charge in [-0.3, -0.25) is 0 Å². The number of anilines is 1. The van der Waals surface area contributed by atoms with Crippen LogP contribution in [-0.2, 0) is 9.84 Å². The van der Waals surface area contributed by atoms with Gasteiger partial charge in [-0.2, -0.15) is 0 Å². The Labute approximate surface area is 115 Å². The molecule has 0 amide bonds. The van der Waals surface area contributed by atoms with Crippen LogP contribution in [0, 0.1) is 0 Å². The predicted molar refractivity (Wildman–Crippen MR) is 76.2 cm³/mol. The van der Waals surface area contributed by atoms with Gasteiger partial charge in [-0.1, -0.05) is 20.3 Å². The van der Waals surface area contributed by atoms with E-state index in [1.165, 1.54) is 0 Å². The summed E-state index contributed by atoms with van der Waals surface area (Å²) in [6.07, 6.45) is 1.78. The maximum Gasteiger partial charge on any atom is 0.178 e. The van der Waals surface area contributed by atoms with Crippen LogP contribution in [0.5, 0.6) is 0 Å². The van der Waals surface area contributed by atoms with E-state index in [0.717, 1.165) is 18.5 Å². The van der Waals surface area contributed by atoms with Crippen molar-refractivity contribution < 1.29 is 13.5 Å². The summed E-state index contributed by atoms with van der Waals surface area (Å²) in [6, 6.07) is 6.92. The molecule has 106 valence electrons. The zero-order valence-corrected chi connectivity index (χ0v) is 12.3. The van der Waals surface area contributed by atoms with Crippen molar-refractivity contribution in [3.8, 4) is 0 Å². The molecule has 1 saturated heterocycles. The van der Waals surface area contributed by atoms with Crippen molar-refractivity contribution in [1.82, 2.24) is 0 Å². The molecule has 2 rings (SSSR count). The van der Waals surface area contributed by atoms with Crippen LogP contribution in [0.3, 0.4) is 0 Å². The van der Waals surface area contributed by atoms with Gasteiger partial charge in [0.2, 0.25) is 0 Å². The maximum absolute atomic E-state index is 11.7. The van der Waals surface area contributed by atoms with E-state index in [-0.39, 0.29) is 5.75 Å². The Morgan fingerprint density at radius 2 is 1.79 bits per heavy atom. The Hall–Kier alpha value is -1.07. The molecule has 5 heteroatoms. The van der Waals surface area contributed by atoms with Gasteiger partial charge in [0.15, 0.2) is 9.84 Å². The first-order valence-electron chi connectivity index (χ1n) is 6.70. The summed E-state index contributed by atoms with van der Waals surface area (Å²) in [5.74, 6) is 0.117. The fourth-order valence-electron chi connectivity index (χ4n) is 2.50. The zero-order valence-electron chi connectivity index (χ0n) is 11.5. The molecule has 0 saturated carbocycles. The second kappa shape index (κ2) is 5.13. The second-order valence-corrected chi connectivity index (χ2v) is 7.51. The molecule has 0 spiro atoms. The van der Waals surface area contributed by atoms with Crippen LogP contribution >= 0.6 is 0 Å². The SMILES string of the molecule is CCCC1(O)CN(c2ccc(S(=O)(=O)CC)cc2)C1. The fourth-order valence-corrected chi connectivity index (χ4v) is 3.39. The number of hydrogen-bond acceptors (Lipinski definition) is 4. The third kappa shape index (κ3) is 2.92. The number of sulfone groups is 1. The van der Waals surface area contributed by atoms with Gasteiger partial charge in [-0.15, -0.1) is 0 Å². The average Bonchev–Trinajstić information content (AvgIpc) is 2.36. The molecule has 1 aliphatic rings. The molecule has 0 radical (unpaired) electrons. The Morgan fingerprint density at radius 3 is 2.26 bits per heavy atom. The summed E-state index contributed by atoms with van der Waals surface area (Å²) in [7, 11) is -3.13. The Balaban J connectivity index is 2.06. The van der Waals surface area contributed by atoms with Gasteiger partial charge in [0.05, 0.1) is 16.2 Å². The average molecular weight is 283 g/mol. The lowest BCUT2D eigenvalue weighted by Gasteiger charge is -2.48. The highest BCUT2D eigenvalue weighted by molar-refractivity contribution is 7.91. The number of benzene rings is 1. The highest BCUT2D eigenvalue weighted by atomic mass is 32.2. The van der Waals surface area contributed by atoms with E-state index in [4.69, 9.17) is 0 Å². The van der Waals surface area contributed by atoms with Crippen molar-refractivity contribution in [2.45, 2.75) is 37.2 Å². The third-order valence-corrected chi connectivity index (χ3v) is 5.38. The standard InChI is InChI=1S/C14H21NO3S/c1-3-9-14(16)10-15(11-14)12-5-7-13(8-6-12)19(17,18)4-2/h5-8,16H,3-4,9-11H2,1-2H3. The van der Waals surface area contributed by atoms with Gasteiger partial charge in [0, 0.05) is 18.8 Å². The van der Waals surface area contributed by atoms with E-state index in [9.17, 15) is 13.5 Å². The van der Waals surface area contributed by atoms with Gasteiger partial charge >= 0.3 is 0 Å². The smallest absolute Gasteiger partial charge is 0.178 e. The van der Waals surface area contributed by atoms with Gasteiger partial charge in [-0.05, 0) is 30.7 Å². The molecular weight excluding hydrogens is 262 g/mol. The van der Waals surface area contributed by atoms with Gasteiger partial charge < -0.3 is 10.0 Å². The van der Waals surface area contributed by atoms with Gasteiger partial charge in [-0.25, -0.2) is 8.42 Å². The van der Waals surface area contributed by atoms with E-state index in [1.807, 2.05) is 12.1 Å². The lowest BCUT2D eigenvalue weighted by atomic mass is 9.89. The number of β-amino-alcohol motifs (C(OH)–C–C–N with tert-alkyl or cyclic N) is 1. The molecule has 1 aromatic carbocycles. The molecule has 19 heavy (non-hydrogen) atoms. The third-order valence-electron chi connectivity index (χ3n) is 3.63. The lowest BCUT2D eigenvalue weighted by molar-refractivity contribution is 0.00339. The van der Waals surface area contributed by atoms with E-state index < -0.39 is 15.4 Å². The van der Waals surface area contributed by atoms with Crippen molar-refractivity contribution >= 4 is 15.5 Å². The summed E-state index contributed by atoms with van der Waals surface area (Å²) < 4.78 is 23.4. The minimum atomic E-state index is -3.13. The van der Waals surface area contributed by atoms with Crippen LogP contribution in [0.15, 0.2) is 29.2 Å². The zero-order chi connectivity index (χ0) is 14.1. The molecule has 1 N–H and O–H groups in total. The molecule has 1 aliphatic heterocycles. The largest absolute Gasteiger partial charge is 0.386 e. The van der Waals surface area contributed by atoms with Crippen molar-refractivity contribution in [2.24, 2.45) is 0 Å². The van der Waals surface area contributed by atoms with E-state index in [0.29, 0.717) is 18.0 Å². The monoisotopic (exact) mass is 283 g/mol. The summed E-state index contributed by atoms with van der Waals surface area (Å²) in [5.41, 5.74) is 0.402. The fraction of sp³-hybridized carbons (Fsp3) is 0.571. The summed E-state index contributed by atoms with van der Waals surface area (Å²) in [6.45, 7) is 4.95. The molecule has 0 atom stereocenters. The summed E-state index contributed by atoms with van der Waals surface area (Å²) in [5, 5.41) is 10.1. The van der Waals surface area contributed by atoms with Crippen LogP contribution < -0.4 is 4.90 Å². The maximum atomic E-state index is 11.7. The normalized spacial score (nSPS) is 18.2. The Bertz CT molecular complexity index is 530. The van der Waals surface area contributed by atoms with Crippen molar-refractivity contribution in [1.29, 1.82) is 0 Å². The molecule has 0 unspecified atom stereocenters. The molecule has 1 aromatic rings. The van der Waals surface area contributed by atoms with Crippen LogP contribution in [0.1, 0.15) is 26.7 Å². The molecule has 1 heterocycles. The number of nitrogens with zero attached hydrogens (tertiary/aromatic N) is 1. The Kier molecular flexibility index (Phi) is 3.87. The predicted octanol–water partition coefficient (Wildman–Crippen LogP) is 1.83. The number of rotatable bonds is 5. The second-order valence-electron chi connectivity index (χ2n) is 5.23. The first kappa shape index (κ1) is 14.3. The highest BCUT2D eigenvalue weighted by Gasteiger charge is 2.40. The summed E-state index contributed by atoms with van der Waals surface area (Å²) >= 11 is 0. The first-order valence-corrected chi connectivity index (χ1v) is 8.35. The van der Waals surface area contributed by atoms with E-state index in [2.05, 4.69) is 11.8 Å². The summed E-state index contributed by atoms with van der Waals surface area (Å²) in [4.78, 5) is 2.43. The molecular formula is C14H21NO3S. The molecule has 0 aliphatic carbocycles. The minimum Gasteiger partial charge on any atom is -0.386 e.